The van der Waals surface area contributed by atoms with Crippen LogP contribution in [0.2, 0.25) is 0 Å². The molecule has 0 saturated carbocycles. The van der Waals surface area contributed by atoms with E-state index >= 15 is 0 Å². The van der Waals surface area contributed by atoms with Gasteiger partial charge in [0.2, 0.25) is 0 Å². The molecule has 3 nitrogen and oxygen atoms in total. The van der Waals surface area contributed by atoms with Crippen molar-refractivity contribution in [2.75, 3.05) is 5.75 Å². The average Bonchev–Trinajstić information content (AvgIpc) is 2.66. The molecular formula is C12H13ClF3N3S. The lowest BCUT2D eigenvalue weighted by molar-refractivity contribution is -0.0328. The monoisotopic (exact) mass is 323 g/mol. The standard InChI is InChI=1S/C12H13ClF3N3S/c1-7-3-4-9-11(17-7)19(10(18-9)8(2)13)5-6-20-12(14,15)16/h3-4,8H,5-6H2,1-2H3. The van der Waals surface area contributed by atoms with Crippen LogP contribution in [0.25, 0.3) is 11.2 Å². The summed E-state index contributed by atoms with van der Waals surface area (Å²) < 4.78 is 38.3. The zero-order valence-electron chi connectivity index (χ0n) is 10.9. The average molecular weight is 324 g/mol. The fraction of sp³-hybridized carbons (Fsp3) is 0.500. The van der Waals surface area contributed by atoms with Gasteiger partial charge < -0.3 is 4.57 Å². The first-order valence-corrected chi connectivity index (χ1v) is 7.38. The fourth-order valence-electron chi connectivity index (χ4n) is 1.89. The largest absolute Gasteiger partial charge is 0.441 e. The maximum absolute atomic E-state index is 12.2. The van der Waals surface area contributed by atoms with Gasteiger partial charge in [-0.1, -0.05) is 0 Å². The highest BCUT2D eigenvalue weighted by Crippen LogP contribution is 2.31. The van der Waals surface area contributed by atoms with Crippen LogP contribution in [-0.4, -0.2) is 25.8 Å². The van der Waals surface area contributed by atoms with Crippen LogP contribution in [0.3, 0.4) is 0 Å². The number of thioether (sulfide) groups is 1. The lowest BCUT2D eigenvalue weighted by atomic mass is 10.3. The molecule has 0 fully saturated rings. The second-order valence-corrected chi connectivity index (χ2v) is 6.14. The van der Waals surface area contributed by atoms with Gasteiger partial charge in [0.15, 0.2) is 5.65 Å². The summed E-state index contributed by atoms with van der Waals surface area (Å²) in [5.74, 6) is 0.448. The number of fused-ring (bicyclic) bond motifs is 1. The molecule has 0 saturated heterocycles. The topological polar surface area (TPSA) is 30.7 Å². The molecule has 0 N–H and O–H groups in total. The first kappa shape index (κ1) is 15.4. The van der Waals surface area contributed by atoms with Gasteiger partial charge in [-0.25, -0.2) is 9.97 Å². The maximum atomic E-state index is 12.2. The third-order valence-corrected chi connectivity index (χ3v) is 3.61. The normalized spacial score (nSPS) is 13.9. The van der Waals surface area contributed by atoms with Crippen molar-refractivity contribution in [1.29, 1.82) is 0 Å². The van der Waals surface area contributed by atoms with E-state index in [0.29, 0.717) is 17.0 Å². The van der Waals surface area contributed by atoms with E-state index in [4.69, 9.17) is 11.6 Å². The quantitative estimate of drug-likeness (QED) is 0.786. The predicted molar refractivity (Wildman–Crippen MR) is 75.0 cm³/mol. The second kappa shape index (κ2) is 5.81. The lowest BCUT2D eigenvalue weighted by Gasteiger charge is -2.11. The highest BCUT2D eigenvalue weighted by Gasteiger charge is 2.28. The molecule has 2 rings (SSSR count). The molecule has 0 bridgehead atoms. The van der Waals surface area contributed by atoms with Gasteiger partial charge in [0, 0.05) is 18.0 Å². The molecule has 0 amide bonds. The molecule has 2 aromatic rings. The van der Waals surface area contributed by atoms with Crippen LogP contribution in [0.4, 0.5) is 13.2 Å². The fourth-order valence-corrected chi connectivity index (χ4v) is 2.56. The molecule has 1 atom stereocenters. The van der Waals surface area contributed by atoms with Crippen LogP contribution in [0.15, 0.2) is 12.1 Å². The van der Waals surface area contributed by atoms with Crippen molar-refractivity contribution in [3.63, 3.8) is 0 Å². The Morgan fingerprint density at radius 1 is 1.35 bits per heavy atom. The molecule has 0 aliphatic carbocycles. The van der Waals surface area contributed by atoms with E-state index in [1.54, 1.807) is 17.6 Å². The van der Waals surface area contributed by atoms with E-state index in [0.717, 1.165) is 5.69 Å². The Morgan fingerprint density at radius 2 is 2.05 bits per heavy atom. The molecule has 2 heterocycles. The Morgan fingerprint density at radius 3 is 2.65 bits per heavy atom. The second-order valence-electron chi connectivity index (χ2n) is 4.33. The molecule has 20 heavy (non-hydrogen) atoms. The van der Waals surface area contributed by atoms with Crippen molar-refractivity contribution in [1.82, 2.24) is 14.5 Å². The highest BCUT2D eigenvalue weighted by molar-refractivity contribution is 8.00. The van der Waals surface area contributed by atoms with Crippen molar-refractivity contribution in [2.24, 2.45) is 0 Å². The molecule has 8 heteroatoms. The molecule has 2 aromatic heterocycles. The van der Waals surface area contributed by atoms with Crippen molar-refractivity contribution < 1.29 is 13.2 Å². The minimum Gasteiger partial charge on any atom is -0.311 e. The van der Waals surface area contributed by atoms with Gasteiger partial charge in [0.1, 0.15) is 11.3 Å². The van der Waals surface area contributed by atoms with Crippen molar-refractivity contribution in [3.8, 4) is 0 Å². The lowest BCUT2D eigenvalue weighted by Crippen LogP contribution is -2.10. The summed E-state index contributed by atoms with van der Waals surface area (Å²) in [6.45, 7) is 3.73. The van der Waals surface area contributed by atoms with Gasteiger partial charge in [-0.05, 0) is 37.7 Å². The number of imidazole rings is 1. The van der Waals surface area contributed by atoms with Crippen LogP contribution in [-0.2, 0) is 6.54 Å². The zero-order chi connectivity index (χ0) is 14.9. The number of hydrogen-bond donors (Lipinski definition) is 0. The number of nitrogens with zero attached hydrogens (tertiary/aromatic N) is 3. The van der Waals surface area contributed by atoms with Gasteiger partial charge in [-0.2, -0.15) is 13.2 Å². The predicted octanol–water partition coefficient (Wildman–Crippen LogP) is 4.29. The van der Waals surface area contributed by atoms with E-state index in [2.05, 4.69) is 9.97 Å². The molecule has 0 aromatic carbocycles. The van der Waals surface area contributed by atoms with Gasteiger partial charge >= 0.3 is 5.51 Å². The van der Waals surface area contributed by atoms with Crippen LogP contribution in [0, 0.1) is 6.92 Å². The molecule has 0 radical (unpaired) electrons. The Balaban J connectivity index is 2.33. The van der Waals surface area contributed by atoms with E-state index in [9.17, 15) is 13.2 Å². The Hall–Kier alpha value is -0.950. The first-order chi connectivity index (χ1) is 9.28. The highest BCUT2D eigenvalue weighted by atomic mass is 35.5. The summed E-state index contributed by atoms with van der Waals surface area (Å²) in [6.07, 6.45) is 0. The first-order valence-electron chi connectivity index (χ1n) is 5.96. The number of alkyl halides is 4. The van der Waals surface area contributed by atoms with Gasteiger partial charge in [-0.3, -0.25) is 0 Å². The van der Waals surface area contributed by atoms with E-state index in [1.807, 2.05) is 13.0 Å². The summed E-state index contributed by atoms with van der Waals surface area (Å²) >= 11 is 5.99. The smallest absolute Gasteiger partial charge is 0.311 e. The molecule has 1 unspecified atom stereocenters. The summed E-state index contributed by atoms with van der Waals surface area (Å²) in [5.41, 5.74) is -2.21. The number of pyridine rings is 1. The summed E-state index contributed by atoms with van der Waals surface area (Å²) in [6, 6.07) is 3.61. The molecule has 110 valence electrons. The number of hydrogen-bond acceptors (Lipinski definition) is 3. The summed E-state index contributed by atoms with van der Waals surface area (Å²) in [4.78, 5) is 8.69. The van der Waals surface area contributed by atoms with E-state index in [-0.39, 0.29) is 29.4 Å². The van der Waals surface area contributed by atoms with Crippen LogP contribution >= 0.6 is 23.4 Å². The van der Waals surface area contributed by atoms with Crippen LogP contribution in [0.5, 0.6) is 0 Å². The van der Waals surface area contributed by atoms with Crippen LogP contribution < -0.4 is 0 Å². The number of aryl methyl sites for hydroxylation is 2. The third-order valence-electron chi connectivity index (χ3n) is 2.70. The third kappa shape index (κ3) is 3.58. The Bertz CT molecular complexity index is 610. The molecule has 0 aliphatic rings. The van der Waals surface area contributed by atoms with Gasteiger partial charge in [-0.15, -0.1) is 11.6 Å². The zero-order valence-corrected chi connectivity index (χ0v) is 12.5. The number of rotatable bonds is 4. The molecular weight excluding hydrogens is 311 g/mol. The van der Waals surface area contributed by atoms with Gasteiger partial charge in [0.25, 0.3) is 0 Å². The van der Waals surface area contributed by atoms with Gasteiger partial charge in [0.05, 0.1) is 5.38 Å². The van der Waals surface area contributed by atoms with E-state index in [1.165, 1.54) is 0 Å². The molecule has 0 spiro atoms. The summed E-state index contributed by atoms with van der Waals surface area (Å²) in [5, 5.41) is -0.389. The van der Waals surface area contributed by atoms with Crippen LogP contribution in [0.1, 0.15) is 23.8 Å². The number of halogens is 4. The van der Waals surface area contributed by atoms with E-state index < -0.39 is 5.51 Å². The van der Waals surface area contributed by atoms with Crippen molar-refractivity contribution in [3.05, 3.63) is 23.7 Å². The minimum absolute atomic E-state index is 0.0545. The SMILES string of the molecule is Cc1ccc2nc(C(C)Cl)n(CCSC(F)(F)F)c2n1. The van der Waals surface area contributed by atoms with Crippen molar-refractivity contribution >= 4 is 34.5 Å². The number of aromatic nitrogens is 3. The Kier molecular flexibility index (Phi) is 4.49. The minimum atomic E-state index is -4.23. The molecule has 0 aliphatic heterocycles. The van der Waals surface area contributed by atoms with Crippen molar-refractivity contribution in [2.45, 2.75) is 31.3 Å². The Labute approximate surface area is 123 Å². The summed E-state index contributed by atoms with van der Waals surface area (Å²) in [7, 11) is 0. The maximum Gasteiger partial charge on any atom is 0.441 e.